The Kier molecular flexibility index (Phi) is 6.98. The molecule has 0 saturated carbocycles. The highest BCUT2D eigenvalue weighted by Gasteiger charge is 2.49. The Morgan fingerprint density at radius 3 is 2.87 bits per heavy atom. The molecule has 8 rings (SSSR count). The van der Waals surface area contributed by atoms with Crippen LogP contribution in [0.4, 0.5) is 24.0 Å². The Morgan fingerprint density at radius 2 is 2.09 bits per heavy atom. The average Bonchev–Trinajstić information content (AvgIpc) is 3.76. The number of aromatic nitrogens is 2. The quantitative estimate of drug-likeness (QED) is 0.241. The maximum Gasteiger partial charge on any atom is 0.319 e. The van der Waals surface area contributed by atoms with Crippen molar-refractivity contribution in [1.29, 1.82) is 5.26 Å². The van der Waals surface area contributed by atoms with E-state index in [0.717, 1.165) is 37.1 Å². The molecule has 240 valence electrons. The number of hydrogen-bond donors (Lipinski definition) is 1. The molecule has 4 aliphatic heterocycles. The Balaban J connectivity index is 1.34. The molecular formula is C33H32ClF3N6O2S. The van der Waals surface area contributed by atoms with Crippen LogP contribution in [0, 0.1) is 34.8 Å². The molecule has 6 heterocycles. The summed E-state index contributed by atoms with van der Waals surface area (Å²) < 4.78 is 59.4. The van der Waals surface area contributed by atoms with E-state index in [1.165, 1.54) is 12.1 Å². The number of nitrogens with two attached hydrogens (primary N) is 1. The zero-order valence-electron chi connectivity index (χ0n) is 25.4. The monoisotopic (exact) mass is 668 g/mol. The smallest absolute Gasteiger partial charge is 0.319 e. The van der Waals surface area contributed by atoms with Gasteiger partial charge in [-0.2, -0.15) is 15.2 Å². The number of ether oxygens (including phenoxy) is 2. The minimum absolute atomic E-state index is 0.0143. The van der Waals surface area contributed by atoms with Crippen molar-refractivity contribution in [3.05, 3.63) is 34.4 Å². The van der Waals surface area contributed by atoms with Crippen LogP contribution in [-0.2, 0) is 0 Å². The van der Waals surface area contributed by atoms with Gasteiger partial charge in [0.15, 0.2) is 11.6 Å². The third-order valence-electron chi connectivity index (χ3n) is 10.5. The first-order valence-corrected chi connectivity index (χ1v) is 16.8. The number of halogens is 4. The third-order valence-corrected chi connectivity index (χ3v) is 11.8. The number of alkyl halides is 1. The van der Waals surface area contributed by atoms with Crippen molar-refractivity contribution in [1.82, 2.24) is 14.9 Å². The summed E-state index contributed by atoms with van der Waals surface area (Å²) in [6, 6.07) is 4.60. The van der Waals surface area contributed by atoms with Gasteiger partial charge in [0, 0.05) is 30.5 Å². The van der Waals surface area contributed by atoms with Gasteiger partial charge >= 0.3 is 6.01 Å². The standard InChI is InChI=1S/C33H32ClF3N6O2S/c1-15(2)16-8-18-13-44-28-24-27(26(37)23(25(28)34)19-4-5-21(36)29-22(19)20(10-38)30(39)46-29)40-32(41-31(24)43(18)11-16)45-14-33-6-3-7-42(33)12-17(35)9-33/h4-5,15-18H,3,6-9,11-14,39H2,1-2H3/t16?,17-,18?,33+/m1/s1. The topological polar surface area (TPSA) is 101 Å². The number of rotatable bonds is 5. The number of hydrogen-bond acceptors (Lipinski definition) is 9. The first kappa shape index (κ1) is 29.8. The van der Waals surface area contributed by atoms with Crippen LogP contribution in [0.15, 0.2) is 12.1 Å². The van der Waals surface area contributed by atoms with Gasteiger partial charge in [-0.1, -0.05) is 31.5 Å². The minimum atomic E-state index is -0.928. The van der Waals surface area contributed by atoms with Crippen LogP contribution in [0.25, 0.3) is 32.1 Å². The first-order valence-electron chi connectivity index (χ1n) is 15.6. The van der Waals surface area contributed by atoms with E-state index in [0.29, 0.717) is 49.2 Å². The van der Waals surface area contributed by atoms with E-state index in [4.69, 9.17) is 31.8 Å². The maximum absolute atomic E-state index is 17.1. The number of benzene rings is 2. The number of nitrogen functional groups attached to an aromatic ring is 1. The van der Waals surface area contributed by atoms with E-state index >= 15 is 4.39 Å². The van der Waals surface area contributed by atoms with E-state index in [2.05, 4.69) is 28.6 Å². The van der Waals surface area contributed by atoms with Crippen molar-refractivity contribution < 1.29 is 22.6 Å². The lowest BCUT2D eigenvalue weighted by Crippen LogP contribution is -2.43. The zero-order chi connectivity index (χ0) is 32.1. The predicted molar refractivity (Wildman–Crippen MR) is 173 cm³/mol. The van der Waals surface area contributed by atoms with Crippen LogP contribution < -0.4 is 20.1 Å². The molecule has 4 atom stereocenters. The molecule has 3 fully saturated rings. The molecule has 0 amide bonds. The van der Waals surface area contributed by atoms with Crippen molar-refractivity contribution in [2.24, 2.45) is 11.8 Å². The van der Waals surface area contributed by atoms with Crippen LogP contribution in [0.2, 0.25) is 5.02 Å². The van der Waals surface area contributed by atoms with E-state index < -0.39 is 23.3 Å². The van der Waals surface area contributed by atoms with E-state index in [1.807, 2.05) is 6.07 Å². The summed E-state index contributed by atoms with van der Waals surface area (Å²) in [5.41, 5.74) is 5.77. The highest BCUT2D eigenvalue weighted by molar-refractivity contribution is 7.23. The van der Waals surface area contributed by atoms with Gasteiger partial charge in [0.1, 0.15) is 47.6 Å². The SMILES string of the molecule is CC(C)C1CC2COc3c(Cl)c(-c4ccc(F)c5sc(N)c(C#N)c45)c(F)c4nc(OC[C@@]56CCCN5C[C@H](F)C6)nc(c34)N2C1. The highest BCUT2D eigenvalue weighted by atomic mass is 35.5. The first-order chi connectivity index (χ1) is 22.1. The Labute approximate surface area is 272 Å². The van der Waals surface area contributed by atoms with Crippen LogP contribution in [0.5, 0.6) is 11.8 Å². The molecule has 0 spiro atoms. The number of nitrogens with zero attached hydrogens (tertiary/aromatic N) is 5. The molecule has 4 aromatic rings. The van der Waals surface area contributed by atoms with Gasteiger partial charge in [-0.3, -0.25) is 4.90 Å². The second-order valence-corrected chi connectivity index (χ2v) is 14.8. The van der Waals surface area contributed by atoms with Gasteiger partial charge in [-0.15, -0.1) is 11.3 Å². The summed E-state index contributed by atoms with van der Waals surface area (Å²) in [5, 5.41) is 10.5. The molecule has 2 unspecified atom stereocenters. The van der Waals surface area contributed by atoms with Gasteiger partial charge in [-0.25, -0.2) is 13.2 Å². The molecule has 0 bridgehead atoms. The summed E-state index contributed by atoms with van der Waals surface area (Å²) >= 11 is 7.95. The van der Waals surface area contributed by atoms with Crippen molar-refractivity contribution >= 4 is 54.7 Å². The lowest BCUT2D eigenvalue weighted by Gasteiger charge is -2.31. The molecule has 46 heavy (non-hydrogen) atoms. The average molecular weight is 669 g/mol. The van der Waals surface area contributed by atoms with Crippen molar-refractivity contribution in [2.45, 2.75) is 57.3 Å². The second-order valence-electron chi connectivity index (χ2n) is 13.4. The molecule has 0 aliphatic carbocycles. The Hall–Kier alpha value is -3.53. The molecular weight excluding hydrogens is 637 g/mol. The molecule has 2 aromatic heterocycles. The van der Waals surface area contributed by atoms with Crippen LogP contribution >= 0.6 is 22.9 Å². The summed E-state index contributed by atoms with van der Waals surface area (Å²) in [6.07, 6.45) is 2.05. The second kappa shape index (κ2) is 10.8. The van der Waals surface area contributed by atoms with Crippen molar-refractivity contribution in [3.63, 3.8) is 0 Å². The number of nitriles is 1. The summed E-state index contributed by atoms with van der Waals surface area (Å²) in [6.45, 7) is 6.71. The largest absolute Gasteiger partial charge is 0.489 e. The lowest BCUT2D eigenvalue weighted by molar-refractivity contribution is 0.107. The molecule has 13 heteroatoms. The molecule has 0 radical (unpaired) electrons. The van der Waals surface area contributed by atoms with E-state index in [-0.39, 0.29) is 66.7 Å². The molecule has 2 N–H and O–H groups in total. The molecule has 3 saturated heterocycles. The summed E-state index contributed by atoms with van der Waals surface area (Å²) in [4.78, 5) is 13.8. The Bertz CT molecular complexity index is 1970. The fraction of sp³-hybridized carbons (Fsp3) is 0.485. The van der Waals surface area contributed by atoms with Crippen LogP contribution in [0.1, 0.15) is 45.1 Å². The van der Waals surface area contributed by atoms with Gasteiger partial charge in [0.05, 0.1) is 32.3 Å². The van der Waals surface area contributed by atoms with Gasteiger partial charge in [0.2, 0.25) is 0 Å². The zero-order valence-corrected chi connectivity index (χ0v) is 27.0. The molecule has 4 aliphatic rings. The van der Waals surface area contributed by atoms with Crippen molar-refractivity contribution in [2.75, 3.05) is 43.5 Å². The normalized spacial score (nSPS) is 25.6. The molecule has 8 nitrogen and oxygen atoms in total. The van der Waals surface area contributed by atoms with E-state index in [9.17, 15) is 14.0 Å². The fourth-order valence-corrected chi connectivity index (χ4v) is 9.35. The van der Waals surface area contributed by atoms with Crippen LogP contribution in [-0.4, -0.2) is 65.5 Å². The summed E-state index contributed by atoms with van der Waals surface area (Å²) in [7, 11) is 0. The number of fused-ring (bicyclic) bond motifs is 4. The Morgan fingerprint density at radius 1 is 1.26 bits per heavy atom. The van der Waals surface area contributed by atoms with Crippen molar-refractivity contribution in [3.8, 4) is 29.0 Å². The minimum Gasteiger partial charge on any atom is -0.489 e. The number of thiophene rings is 1. The van der Waals surface area contributed by atoms with Gasteiger partial charge in [0.25, 0.3) is 0 Å². The van der Waals surface area contributed by atoms with Gasteiger partial charge < -0.3 is 20.1 Å². The van der Waals surface area contributed by atoms with E-state index in [1.54, 1.807) is 0 Å². The number of anilines is 2. The third kappa shape index (κ3) is 4.34. The highest BCUT2D eigenvalue weighted by Crippen LogP contribution is 2.52. The van der Waals surface area contributed by atoms with Crippen LogP contribution in [0.3, 0.4) is 0 Å². The fourth-order valence-electron chi connectivity index (χ4n) is 8.07. The predicted octanol–water partition coefficient (Wildman–Crippen LogP) is 7.10. The van der Waals surface area contributed by atoms with Gasteiger partial charge in [-0.05, 0) is 49.3 Å². The summed E-state index contributed by atoms with van der Waals surface area (Å²) in [5.74, 6) is 0.138. The molecule has 2 aromatic carbocycles. The maximum atomic E-state index is 17.1. The lowest BCUT2D eigenvalue weighted by atomic mass is 9.93.